The van der Waals surface area contributed by atoms with E-state index in [1.54, 1.807) is 11.3 Å². The Balaban J connectivity index is 1.45. The molecule has 1 N–H and O–H groups in total. The highest BCUT2D eigenvalue weighted by molar-refractivity contribution is 7.09. The van der Waals surface area contributed by atoms with Crippen molar-refractivity contribution in [3.8, 4) is 11.3 Å². The van der Waals surface area contributed by atoms with Crippen LogP contribution < -0.4 is 5.32 Å². The molecule has 1 fully saturated rings. The average molecular weight is 272 g/mol. The van der Waals surface area contributed by atoms with Crippen LogP contribution >= 0.6 is 11.3 Å². The molecule has 1 aliphatic carbocycles. The van der Waals surface area contributed by atoms with Crippen LogP contribution in [-0.2, 0) is 6.54 Å². The number of benzene rings is 1. The molecule has 1 aromatic heterocycles. The summed E-state index contributed by atoms with van der Waals surface area (Å²) in [6.45, 7) is 2.03. The van der Waals surface area contributed by atoms with Crippen molar-refractivity contribution in [3.63, 3.8) is 0 Å². The second-order valence-corrected chi connectivity index (χ2v) is 6.20. The third-order valence-corrected chi connectivity index (χ3v) is 4.41. The highest BCUT2D eigenvalue weighted by Crippen LogP contribution is 2.33. The largest absolute Gasteiger partial charge is 0.310 e. The summed E-state index contributed by atoms with van der Waals surface area (Å²) in [6, 6.07) is 10.4. The molecule has 1 aliphatic rings. The van der Waals surface area contributed by atoms with Crippen molar-refractivity contribution in [1.82, 2.24) is 10.3 Å². The van der Waals surface area contributed by atoms with Crippen LogP contribution in [0.5, 0.6) is 0 Å². The predicted molar refractivity (Wildman–Crippen MR) is 81.2 cm³/mol. The Morgan fingerprint density at radius 2 is 2.05 bits per heavy atom. The number of nitrogens with zero attached hydrogens (tertiary/aromatic N) is 1. The molecule has 1 aromatic carbocycles. The van der Waals surface area contributed by atoms with Gasteiger partial charge >= 0.3 is 0 Å². The Bertz CT molecular complexity index is 502. The molecule has 1 heterocycles. The van der Waals surface area contributed by atoms with Gasteiger partial charge in [-0.15, -0.1) is 11.3 Å². The fourth-order valence-electron chi connectivity index (χ4n) is 2.25. The van der Waals surface area contributed by atoms with E-state index < -0.39 is 0 Å². The molecule has 0 radical (unpaired) electrons. The third-order valence-electron chi connectivity index (χ3n) is 3.56. The van der Waals surface area contributed by atoms with Crippen molar-refractivity contribution in [3.05, 3.63) is 40.7 Å². The van der Waals surface area contributed by atoms with Crippen LogP contribution in [0.4, 0.5) is 0 Å². The Kier molecular flexibility index (Phi) is 4.26. The van der Waals surface area contributed by atoms with Crippen molar-refractivity contribution >= 4 is 11.3 Å². The molecule has 0 bridgehead atoms. The molecule has 0 aliphatic heterocycles. The summed E-state index contributed by atoms with van der Waals surface area (Å²) >= 11 is 1.75. The Labute approximate surface area is 118 Å². The number of thiazole rings is 1. The van der Waals surface area contributed by atoms with Crippen LogP contribution in [0.2, 0.25) is 0 Å². The highest BCUT2D eigenvalue weighted by atomic mass is 32.1. The molecular weight excluding hydrogens is 252 g/mol. The summed E-state index contributed by atoms with van der Waals surface area (Å²) in [6.07, 6.45) is 5.64. The zero-order valence-corrected chi connectivity index (χ0v) is 12.0. The zero-order valence-electron chi connectivity index (χ0n) is 11.1. The standard InChI is InChI=1S/C16H20N2S/c1-2-6-14(7-3-1)15-12-19-16(18-15)11-17-10-4-5-13-8-9-13/h1-3,6-7,12-13,17H,4-5,8-11H2. The quantitative estimate of drug-likeness (QED) is 0.768. The van der Waals surface area contributed by atoms with Crippen LogP contribution in [0, 0.1) is 5.92 Å². The number of rotatable bonds is 7. The van der Waals surface area contributed by atoms with E-state index in [0.29, 0.717) is 0 Å². The summed E-state index contributed by atoms with van der Waals surface area (Å²) in [4.78, 5) is 4.68. The average Bonchev–Trinajstić information content (AvgIpc) is 3.16. The van der Waals surface area contributed by atoms with E-state index in [9.17, 15) is 0 Å². The van der Waals surface area contributed by atoms with Gasteiger partial charge in [0.25, 0.3) is 0 Å². The maximum Gasteiger partial charge on any atom is 0.107 e. The summed E-state index contributed by atoms with van der Waals surface area (Å²) in [7, 11) is 0. The fourth-order valence-corrected chi connectivity index (χ4v) is 3.02. The monoisotopic (exact) mass is 272 g/mol. The van der Waals surface area contributed by atoms with Crippen molar-refractivity contribution in [2.75, 3.05) is 6.54 Å². The minimum absolute atomic E-state index is 0.905. The molecule has 2 aromatic rings. The first-order chi connectivity index (χ1) is 9.42. The lowest BCUT2D eigenvalue weighted by molar-refractivity contribution is 0.593. The van der Waals surface area contributed by atoms with Gasteiger partial charge in [0.2, 0.25) is 0 Å². The van der Waals surface area contributed by atoms with Gasteiger partial charge in [0, 0.05) is 17.5 Å². The minimum atomic E-state index is 0.905. The highest BCUT2D eigenvalue weighted by Gasteiger charge is 2.19. The van der Waals surface area contributed by atoms with Gasteiger partial charge in [0.05, 0.1) is 5.69 Å². The lowest BCUT2D eigenvalue weighted by Crippen LogP contribution is -2.14. The van der Waals surface area contributed by atoms with E-state index in [4.69, 9.17) is 0 Å². The van der Waals surface area contributed by atoms with Crippen LogP contribution in [0.25, 0.3) is 11.3 Å². The fraction of sp³-hybridized carbons (Fsp3) is 0.438. The normalized spacial score (nSPS) is 14.7. The van der Waals surface area contributed by atoms with Gasteiger partial charge in [0.15, 0.2) is 0 Å². The van der Waals surface area contributed by atoms with E-state index in [2.05, 4.69) is 39.9 Å². The molecule has 0 unspecified atom stereocenters. The van der Waals surface area contributed by atoms with E-state index in [0.717, 1.165) is 24.7 Å². The zero-order chi connectivity index (χ0) is 12.9. The number of nitrogens with one attached hydrogen (secondary N) is 1. The Morgan fingerprint density at radius 3 is 2.84 bits per heavy atom. The van der Waals surface area contributed by atoms with Crippen LogP contribution in [0.1, 0.15) is 30.7 Å². The van der Waals surface area contributed by atoms with Gasteiger partial charge in [-0.25, -0.2) is 4.98 Å². The molecule has 0 amide bonds. The molecule has 19 heavy (non-hydrogen) atoms. The molecule has 0 spiro atoms. The molecule has 3 heteroatoms. The summed E-state index contributed by atoms with van der Waals surface area (Å²) in [5, 5.41) is 6.83. The Morgan fingerprint density at radius 1 is 1.21 bits per heavy atom. The van der Waals surface area contributed by atoms with Crippen molar-refractivity contribution in [2.45, 2.75) is 32.2 Å². The molecule has 2 nitrogen and oxygen atoms in total. The van der Waals surface area contributed by atoms with Crippen LogP contribution in [0.3, 0.4) is 0 Å². The summed E-state index contributed by atoms with van der Waals surface area (Å²) < 4.78 is 0. The third kappa shape index (κ3) is 3.88. The first-order valence-electron chi connectivity index (χ1n) is 7.12. The summed E-state index contributed by atoms with van der Waals surface area (Å²) in [5.41, 5.74) is 2.30. The maximum absolute atomic E-state index is 4.68. The molecule has 0 saturated heterocycles. The second kappa shape index (κ2) is 6.31. The van der Waals surface area contributed by atoms with Crippen molar-refractivity contribution in [2.24, 2.45) is 5.92 Å². The lowest BCUT2D eigenvalue weighted by Gasteiger charge is -2.01. The SMILES string of the molecule is c1ccc(-c2csc(CNCCCC3CC3)n2)cc1. The maximum atomic E-state index is 4.68. The van der Waals surface area contributed by atoms with E-state index >= 15 is 0 Å². The van der Waals surface area contributed by atoms with E-state index in [1.807, 2.05) is 6.07 Å². The first-order valence-corrected chi connectivity index (χ1v) is 8.00. The van der Waals surface area contributed by atoms with Gasteiger partial charge in [-0.05, 0) is 25.3 Å². The lowest BCUT2D eigenvalue weighted by atomic mass is 10.2. The van der Waals surface area contributed by atoms with Crippen molar-refractivity contribution in [1.29, 1.82) is 0 Å². The molecule has 100 valence electrons. The first kappa shape index (κ1) is 12.8. The second-order valence-electron chi connectivity index (χ2n) is 5.25. The molecule has 3 rings (SSSR count). The van der Waals surface area contributed by atoms with E-state index in [-0.39, 0.29) is 0 Å². The molecule has 0 atom stereocenters. The number of aromatic nitrogens is 1. The smallest absolute Gasteiger partial charge is 0.107 e. The number of hydrogen-bond acceptors (Lipinski definition) is 3. The topological polar surface area (TPSA) is 24.9 Å². The van der Waals surface area contributed by atoms with Crippen molar-refractivity contribution < 1.29 is 0 Å². The van der Waals surface area contributed by atoms with Gasteiger partial charge < -0.3 is 5.32 Å². The molecular formula is C16H20N2S. The number of hydrogen-bond donors (Lipinski definition) is 1. The van der Waals surface area contributed by atoms with E-state index in [1.165, 1.54) is 36.3 Å². The Hall–Kier alpha value is -1.19. The van der Waals surface area contributed by atoms with Crippen LogP contribution in [-0.4, -0.2) is 11.5 Å². The van der Waals surface area contributed by atoms with Crippen LogP contribution in [0.15, 0.2) is 35.7 Å². The van der Waals surface area contributed by atoms with Gasteiger partial charge in [0.1, 0.15) is 5.01 Å². The molecule has 1 saturated carbocycles. The predicted octanol–water partition coefficient (Wildman–Crippen LogP) is 4.09. The minimum Gasteiger partial charge on any atom is -0.310 e. The van der Waals surface area contributed by atoms with Gasteiger partial charge in [-0.2, -0.15) is 0 Å². The summed E-state index contributed by atoms with van der Waals surface area (Å²) in [5.74, 6) is 1.05. The van der Waals surface area contributed by atoms with Gasteiger partial charge in [-0.3, -0.25) is 0 Å². The van der Waals surface area contributed by atoms with Gasteiger partial charge in [-0.1, -0.05) is 43.2 Å².